The summed E-state index contributed by atoms with van der Waals surface area (Å²) in [4.78, 5) is 37.7. The molecule has 0 saturated carbocycles. The quantitative estimate of drug-likeness (QED) is 0.661. The van der Waals surface area contributed by atoms with E-state index in [-0.39, 0.29) is 9.80 Å². The van der Waals surface area contributed by atoms with Gasteiger partial charge in [0.05, 0.1) is 9.80 Å². The van der Waals surface area contributed by atoms with Crippen LogP contribution >= 0.6 is 11.8 Å². The van der Waals surface area contributed by atoms with Crippen LogP contribution in [0.4, 0.5) is 10.5 Å². The Hall–Kier alpha value is -3.21. The number of nitrogens with one attached hydrogen (secondary N) is 1. The molecule has 1 fully saturated rings. The summed E-state index contributed by atoms with van der Waals surface area (Å²) in [5.41, 5.74) is 1.25. The number of allylic oxidation sites excluding steroid dienone is 2. The SMILES string of the molecule is NS(=O)(=O)c1ccc(NC(=O)CN2C(=O)S/C(=C/C=C\c3ccccc3)C2=O)cc1. The molecule has 1 aliphatic rings. The lowest BCUT2D eigenvalue weighted by Gasteiger charge is -2.12. The molecule has 2 aromatic rings. The van der Waals surface area contributed by atoms with Gasteiger partial charge in [-0.2, -0.15) is 0 Å². The van der Waals surface area contributed by atoms with Crippen molar-refractivity contribution in [3.63, 3.8) is 0 Å². The fraction of sp³-hybridized carbons (Fsp3) is 0.0500. The summed E-state index contributed by atoms with van der Waals surface area (Å²) >= 11 is 0.757. The van der Waals surface area contributed by atoms with Crippen LogP contribution in [-0.2, 0) is 19.6 Å². The molecule has 0 aromatic heterocycles. The van der Waals surface area contributed by atoms with Crippen LogP contribution in [0.1, 0.15) is 5.56 Å². The largest absolute Gasteiger partial charge is 0.325 e. The van der Waals surface area contributed by atoms with Gasteiger partial charge >= 0.3 is 0 Å². The number of hydrogen-bond acceptors (Lipinski definition) is 6. The Labute approximate surface area is 177 Å². The molecule has 3 amide bonds. The van der Waals surface area contributed by atoms with Crippen molar-refractivity contribution < 1.29 is 22.8 Å². The van der Waals surface area contributed by atoms with Gasteiger partial charge in [0.2, 0.25) is 15.9 Å². The van der Waals surface area contributed by atoms with Crippen molar-refractivity contribution in [3.05, 3.63) is 77.2 Å². The molecule has 0 spiro atoms. The number of primary sulfonamides is 1. The van der Waals surface area contributed by atoms with Crippen molar-refractivity contribution in [3.8, 4) is 0 Å². The van der Waals surface area contributed by atoms with Crippen LogP contribution in [0.3, 0.4) is 0 Å². The van der Waals surface area contributed by atoms with Gasteiger partial charge in [0.25, 0.3) is 11.1 Å². The second-order valence-electron chi connectivity index (χ2n) is 6.18. The summed E-state index contributed by atoms with van der Waals surface area (Å²) in [5.74, 6) is -1.15. The molecule has 0 aliphatic carbocycles. The maximum atomic E-state index is 12.4. The lowest BCUT2D eigenvalue weighted by Crippen LogP contribution is -2.36. The number of carbonyl (C=O) groups is 3. The van der Waals surface area contributed by atoms with Gasteiger partial charge in [0.1, 0.15) is 6.54 Å². The predicted octanol–water partition coefficient (Wildman–Crippen LogP) is 2.57. The number of sulfonamides is 1. The molecule has 1 saturated heterocycles. The van der Waals surface area contributed by atoms with Crippen molar-refractivity contribution in [2.75, 3.05) is 11.9 Å². The highest BCUT2D eigenvalue weighted by atomic mass is 32.2. The third kappa shape index (κ3) is 5.44. The van der Waals surface area contributed by atoms with Crippen LogP contribution in [0, 0.1) is 0 Å². The first-order valence-electron chi connectivity index (χ1n) is 8.64. The van der Waals surface area contributed by atoms with Gasteiger partial charge in [-0.15, -0.1) is 0 Å². The van der Waals surface area contributed by atoms with Crippen molar-refractivity contribution in [1.82, 2.24) is 4.90 Å². The highest BCUT2D eigenvalue weighted by molar-refractivity contribution is 8.18. The van der Waals surface area contributed by atoms with Crippen LogP contribution < -0.4 is 10.5 Å². The van der Waals surface area contributed by atoms with E-state index >= 15 is 0 Å². The summed E-state index contributed by atoms with van der Waals surface area (Å²) in [6.45, 7) is -0.457. The highest BCUT2D eigenvalue weighted by Gasteiger charge is 2.35. The number of nitrogens with two attached hydrogens (primary N) is 1. The molecule has 1 heterocycles. The topological polar surface area (TPSA) is 127 Å². The van der Waals surface area contributed by atoms with E-state index in [1.165, 1.54) is 30.3 Å². The van der Waals surface area contributed by atoms with Gasteiger partial charge in [-0.05, 0) is 47.7 Å². The van der Waals surface area contributed by atoms with Gasteiger partial charge < -0.3 is 5.32 Å². The predicted molar refractivity (Wildman–Crippen MR) is 115 cm³/mol. The van der Waals surface area contributed by atoms with Crippen LogP contribution in [0.15, 0.2) is 76.5 Å². The molecule has 2 aromatic carbocycles. The van der Waals surface area contributed by atoms with Crippen molar-refractivity contribution >= 4 is 50.6 Å². The van der Waals surface area contributed by atoms with E-state index in [0.717, 1.165) is 22.2 Å². The third-order valence-electron chi connectivity index (χ3n) is 3.98. The van der Waals surface area contributed by atoms with E-state index < -0.39 is 33.6 Å². The molecule has 30 heavy (non-hydrogen) atoms. The second kappa shape index (κ2) is 9.08. The average molecular weight is 444 g/mol. The number of anilines is 1. The lowest BCUT2D eigenvalue weighted by atomic mass is 10.2. The number of rotatable bonds is 6. The zero-order valence-electron chi connectivity index (χ0n) is 15.5. The Morgan fingerprint density at radius 2 is 1.73 bits per heavy atom. The summed E-state index contributed by atoms with van der Waals surface area (Å²) in [5, 5.41) is 6.98. The fourth-order valence-electron chi connectivity index (χ4n) is 2.53. The molecule has 0 bridgehead atoms. The van der Waals surface area contributed by atoms with Crippen molar-refractivity contribution in [2.45, 2.75) is 4.90 Å². The fourth-order valence-corrected chi connectivity index (χ4v) is 3.84. The van der Waals surface area contributed by atoms with Crippen molar-refractivity contribution in [1.29, 1.82) is 0 Å². The molecule has 0 radical (unpaired) electrons. The first-order valence-corrected chi connectivity index (χ1v) is 11.0. The number of benzene rings is 2. The average Bonchev–Trinajstić information content (AvgIpc) is 2.96. The monoisotopic (exact) mass is 443 g/mol. The molecule has 1 aliphatic heterocycles. The molecular formula is C20H17N3O5S2. The first-order chi connectivity index (χ1) is 14.2. The standard InChI is InChI=1S/C20H17N3O5S2/c21-30(27,28)16-11-9-15(10-12-16)22-18(24)13-23-19(25)17(29-20(23)26)8-4-7-14-5-2-1-3-6-14/h1-12H,13H2,(H,22,24)(H2,21,27,28)/b7-4-,17-8+. The molecular weight excluding hydrogens is 426 g/mol. The zero-order valence-corrected chi connectivity index (χ0v) is 17.2. The maximum Gasteiger partial charge on any atom is 0.294 e. The molecule has 3 rings (SSSR count). The van der Waals surface area contributed by atoms with E-state index in [4.69, 9.17) is 5.14 Å². The van der Waals surface area contributed by atoms with E-state index in [1.807, 2.05) is 30.3 Å². The summed E-state index contributed by atoms with van der Waals surface area (Å²) in [6.07, 6.45) is 4.99. The van der Waals surface area contributed by atoms with Gasteiger partial charge in [-0.3, -0.25) is 19.3 Å². The van der Waals surface area contributed by atoms with Crippen LogP contribution in [-0.4, -0.2) is 36.9 Å². The van der Waals surface area contributed by atoms with Gasteiger partial charge in [-0.25, -0.2) is 13.6 Å². The van der Waals surface area contributed by atoms with Gasteiger partial charge in [0, 0.05) is 5.69 Å². The lowest BCUT2D eigenvalue weighted by molar-refractivity contribution is -0.127. The van der Waals surface area contributed by atoms with Gasteiger partial charge in [-0.1, -0.05) is 42.5 Å². The van der Waals surface area contributed by atoms with Gasteiger partial charge in [0.15, 0.2) is 0 Å². The van der Waals surface area contributed by atoms with E-state index in [2.05, 4.69) is 5.32 Å². The van der Waals surface area contributed by atoms with Crippen LogP contribution in [0.25, 0.3) is 6.08 Å². The number of hydrogen-bond donors (Lipinski definition) is 2. The smallest absolute Gasteiger partial charge is 0.294 e. The Bertz CT molecular complexity index is 1140. The minimum atomic E-state index is -3.84. The summed E-state index contributed by atoms with van der Waals surface area (Å²) < 4.78 is 22.5. The third-order valence-corrected chi connectivity index (χ3v) is 5.83. The summed E-state index contributed by atoms with van der Waals surface area (Å²) in [7, 11) is -3.84. The molecule has 0 atom stereocenters. The van der Waals surface area contributed by atoms with E-state index in [9.17, 15) is 22.8 Å². The minimum Gasteiger partial charge on any atom is -0.325 e. The van der Waals surface area contributed by atoms with E-state index in [1.54, 1.807) is 12.2 Å². The first kappa shape index (κ1) is 21.5. The van der Waals surface area contributed by atoms with Crippen LogP contribution in [0.5, 0.6) is 0 Å². The Kier molecular flexibility index (Phi) is 6.50. The molecule has 0 unspecified atom stereocenters. The van der Waals surface area contributed by atoms with E-state index in [0.29, 0.717) is 5.69 Å². The Morgan fingerprint density at radius 3 is 2.37 bits per heavy atom. The number of thioether (sulfide) groups is 1. The Balaban J connectivity index is 1.61. The normalized spacial score (nSPS) is 15.9. The molecule has 3 N–H and O–H groups in total. The Morgan fingerprint density at radius 1 is 1.07 bits per heavy atom. The highest BCUT2D eigenvalue weighted by Crippen LogP contribution is 2.30. The number of amides is 3. The second-order valence-corrected chi connectivity index (χ2v) is 8.73. The number of carbonyl (C=O) groups excluding carboxylic acids is 3. The van der Waals surface area contributed by atoms with Crippen LogP contribution in [0.2, 0.25) is 0 Å². The molecule has 8 nitrogen and oxygen atoms in total. The van der Waals surface area contributed by atoms with Crippen molar-refractivity contribution in [2.24, 2.45) is 5.14 Å². The zero-order chi connectivity index (χ0) is 21.7. The maximum absolute atomic E-state index is 12.4. The number of nitrogens with zero attached hydrogens (tertiary/aromatic N) is 1. The number of imide groups is 1. The minimum absolute atomic E-state index is 0.0971. The molecule has 10 heteroatoms. The molecule has 154 valence electrons. The summed E-state index contributed by atoms with van der Waals surface area (Å²) in [6, 6.07) is 14.7.